The Balaban J connectivity index is 1.73. The first-order valence-corrected chi connectivity index (χ1v) is 10.1. The van der Waals surface area contributed by atoms with Crippen LogP contribution in [0.25, 0.3) is 0 Å². The van der Waals surface area contributed by atoms with Crippen molar-refractivity contribution in [3.05, 3.63) is 107 Å². The van der Waals surface area contributed by atoms with Crippen LogP contribution in [-0.2, 0) is 9.47 Å². The van der Waals surface area contributed by atoms with Gasteiger partial charge in [-0.15, -0.1) is 0 Å². The first-order chi connectivity index (χ1) is 14.9. The lowest BCUT2D eigenvalue weighted by atomic mass is 10.0. The molecule has 0 spiro atoms. The van der Waals surface area contributed by atoms with Crippen LogP contribution in [0.5, 0.6) is 0 Å². The fourth-order valence-electron chi connectivity index (χ4n) is 3.11. The number of carbonyl (C=O) groups is 3. The summed E-state index contributed by atoms with van der Waals surface area (Å²) >= 11 is 0. The lowest BCUT2D eigenvalue weighted by Gasteiger charge is -2.16. The third-order valence-electron chi connectivity index (χ3n) is 4.91. The normalized spacial score (nSPS) is 11.6. The Bertz CT molecular complexity index is 1070. The number of carbonyl (C=O) groups excluding carboxylic acids is 3. The minimum absolute atomic E-state index is 0.169. The molecule has 1 unspecified atom stereocenters. The molecular weight excluding hydrogens is 392 g/mol. The number of rotatable bonds is 6. The summed E-state index contributed by atoms with van der Waals surface area (Å²) in [6.45, 7) is 5.78. The molecule has 3 rings (SSSR count). The summed E-state index contributed by atoms with van der Waals surface area (Å²) in [6, 6.07) is 22.1. The van der Waals surface area contributed by atoms with Gasteiger partial charge >= 0.3 is 17.9 Å². The second-order valence-electron chi connectivity index (χ2n) is 7.45. The molecule has 0 fully saturated rings. The largest absolute Gasteiger partial charge is 0.454 e. The predicted octanol–water partition coefficient (Wildman–Crippen LogP) is 5.73. The molecule has 5 nitrogen and oxygen atoms in total. The summed E-state index contributed by atoms with van der Waals surface area (Å²) < 4.78 is 10.6. The van der Waals surface area contributed by atoms with Crippen LogP contribution in [0.1, 0.15) is 75.0 Å². The van der Waals surface area contributed by atoms with Crippen LogP contribution in [0.3, 0.4) is 0 Å². The maximum Gasteiger partial charge on any atom is 0.346 e. The lowest BCUT2D eigenvalue weighted by Crippen LogP contribution is -2.17. The van der Waals surface area contributed by atoms with E-state index in [0.717, 1.165) is 5.56 Å². The molecule has 0 saturated heterocycles. The van der Waals surface area contributed by atoms with Crippen molar-refractivity contribution in [3.63, 3.8) is 0 Å². The van der Waals surface area contributed by atoms with Crippen LogP contribution < -0.4 is 0 Å². The van der Waals surface area contributed by atoms with Crippen LogP contribution in [0, 0.1) is 0 Å². The van der Waals surface area contributed by atoms with Crippen molar-refractivity contribution < 1.29 is 23.9 Å². The molecule has 31 heavy (non-hydrogen) atoms. The second-order valence-corrected chi connectivity index (χ2v) is 7.45. The molecule has 0 amide bonds. The zero-order chi connectivity index (χ0) is 22.4. The SMILES string of the molecule is CC(C)c1ccc(C(=O)OC(=O)c2ccccc2C(C)OC(=O)c2ccccc2)cc1. The van der Waals surface area contributed by atoms with Crippen molar-refractivity contribution in [3.8, 4) is 0 Å². The Labute approximate surface area is 181 Å². The van der Waals surface area contributed by atoms with Gasteiger partial charge in [-0.25, -0.2) is 14.4 Å². The van der Waals surface area contributed by atoms with E-state index in [1.165, 1.54) is 0 Å². The van der Waals surface area contributed by atoms with Crippen LogP contribution in [0.4, 0.5) is 0 Å². The van der Waals surface area contributed by atoms with E-state index in [-0.39, 0.29) is 5.56 Å². The highest BCUT2D eigenvalue weighted by atomic mass is 16.6. The van der Waals surface area contributed by atoms with E-state index < -0.39 is 24.0 Å². The average Bonchev–Trinajstić information content (AvgIpc) is 2.79. The molecular formula is C26H24O5. The Morgan fingerprint density at radius 3 is 1.87 bits per heavy atom. The van der Waals surface area contributed by atoms with Crippen molar-refractivity contribution in [2.45, 2.75) is 32.8 Å². The lowest BCUT2D eigenvalue weighted by molar-refractivity contribution is 0.0312. The van der Waals surface area contributed by atoms with Gasteiger partial charge in [0.05, 0.1) is 16.7 Å². The van der Waals surface area contributed by atoms with Gasteiger partial charge < -0.3 is 9.47 Å². The summed E-state index contributed by atoms with van der Waals surface area (Å²) in [5, 5.41) is 0. The molecule has 5 heteroatoms. The van der Waals surface area contributed by atoms with Crippen LogP contribution in [0.15, 0.2) is 78.9 Å². The Kier molecular flexibility index (Phi) is 6.98. The molecule has 0 aromatic heterocycles. The number of hydrogen-bond acceptors (Lipinski definition) is 5. The number of esters is 3. The maximum atomic E-state index is 12.7. The molecule has 1 atom stereocenters. The molecule has 0 aliphatic carbocycles. The van der Waals surface area contributed by atoms with E-state index in [4.69, 9.17) is 9.47 Å². The molecule has 3 aromatic carbocycles. The molecule has 3 aromatic rings. The first kappa shape index (κ1) is 22.0. The highest BCUT2D eigenvalue weighted by Crippen LogP contribution is 2.24. The van der Waals surface area contributed by atoms with E-state index in [0.29, 0.717) is 22.6 Å². The average molecular weight is 416 g/mol. The highest BCUT2D eigenvalue weighted by molar-refractivity contribution is 6.03. The van der Waals surface area contributed by atoms with Gasteiger partial charge in [0.15, 0.2) is 0 Å². The highest BCUT2D eigenvalue weighted by Gasteiger charge is 2.23. The van der Waals surface area contributed by atoms with Crippen molar-refractivity contribution >= 4 is 17.9 Å². The molecule has 0 radical (unpaired) electrons. The van der Waals surface area contributed by atoms with E-state index in [1.54, 1.807) is 73.7 Å². The monoisotopic (exact) mass is 416 g/mol. The third kappa shape index (κ3) is 5.45. The van der Waals surface area contributed by atoms with Crippen molar-refractivity contribution in [1.29, 1.82) is 0 Å². The van der Waals surface area contributed by atoms with Gasteiger partial charge in [0.1, 0.15) is 6.10 Å². The Morgan fingerprint density at radius 1 is 0.645 bits per heavy atom. The smallest absolute Gasteiger partial charge is 0.346 e. The molecule has 0 aliphatic rings. The fourth-order valence-corrected chi connectivity index (χ4v) is 3.11. The minimum Gasteiger partial charge on any atom is -0.454 e. The molecule has 0 heterocycles. The van der Waals surface area contributed by atoms with Gasteiger partial charge in [-0.1, -0.05) is 62.4 Å². The molecule has 0 bridgehead atoms. The zero-order valence-corrected chi connectivity index (χ0v) is 17.7. The van der Waals surface area contributed by atoms with Gasteiger partial charge in [0.25, 0.3) is 0 Å². The van der Waals surface area contributed by atoms with E-state index in [1.807, 2.05) is 12.1 Å². The molecule has 0 N–H and O–H groups in total. The summed E-state index contributed by atoms with van der Waals surface area (Å²) in [5.41, 5.74) is 2.42. The molecule has 158 valence electrons. The molecule has 0 aliphatic heterocycles. The Morgan fingerprint density at radius 2 is 1.23 bits per heavy atom. The summed E-state index contributed by atoms with van der Waals surface area (Å²) in [4.78, 5) is 37.5. The van der Waals surface area contributed by atoms with Gasteiger partial charge in [0.2, 0.25) is 0 Å². The van der Waals surface area contributed by atoms with Crippen molar-refractivity contribution in [2.24, 2.45) is 0 Å². The van der Waals surface area contributed by atoms with E-state index in [2.05, 4.69) is 13.8 Å². The maximum absolute atomic E-state index is 12.7. The number of hydrogen-bond donors (Lipinski definition) is 0. The minimum atomic E-state index is -0.795. The standard InChI is InChI=1S/C26H24O5/c1-17(2)19-13-15-21(16-14-19)25(28)31-26(29)23-12-8-7-11-22(23)18(3)30-24(27)20-9-5-4-6-10-20/h4-18H,1-3H3. The Hall–Kier alpha value is -3.73. The number of benzene rings is 3. The van der Waals surface area contributed by atoms with Crippen LogP contribution >= 0.6 is 0 Å². The fraction of sp³-hybridized carbons (Fsp3) is 0.192. The van der Waals surface area contributed by atoms with Gasteiger partial charge in [0, 0.05) is 5.56 Å². The first-order valence-electron chi connectivity index (χ1n) is 10.1. The van der Waals surface area contributed by atoms with Crippen molar-refractivity contribution in [1.82, 2.24) is 0 Å². The second kappa shape index (κ2) is 9.85. The van der Waals surface area contributed by atoms with Gasteiger partial charge in [-0.05, 0) is 48.7 Å². The van der Waals surface area contributed by atoms with Crippen LogP contribution in [0.2, 0.25) is 0 Å². The summed E-state index contributed by atoms with van der Waals surface area (Å²) in [6.07, 6.45) is -0.711. The summed E-state index contributed by atoms with van der Waals surface area (Å²) in [7, 11) is 0. The van der Waals surface area contributed by atoms with Gasteiger partial charge in [-0.2, -0.15) is 0 Å². The van der Waals surface area contributed by atoms with E-state index in [9.17, 15) is 14.4 Å². The predicted molar refractivity (Wildman–Crippen MR) is 117 cm³/mol. The zero-order valence-electron chi connectivity index (χ0n) is 17.7. The van der Waals surface area contributed by atoms with E-state index >= 15 is 0 Å². The summed E-state index contributed by atoms with van der Waals surface area (Å²) in [5.74, 6) is -1.70. The third-order valence-corrected chi connectivity index (χ3v) is 4.91. The van der Waals surface area contributed by atoms with Crippen molar-refractivity contribution in [2.75, 3.05) is 0 Å². The topological polar surface area (TPSA) is 69.7 Å². The quantitative estimate of drug-likeness (QED) is 0.379. The molecule has 0 saturated carbocycles. The van der Waals surface area contributed by atoms with Crippen LogP contribution in [-0.4, -0.2) is 17.9 Å². The number of ether oxygens (including phenoxy) is 2. The van der Waals surface area contributed by atoms with Gasteiger partial charge in [-0.3, -0.25) is 0 Å².